The zero-order valence-electron chi connectivity index (χ0n) is 13.3. The third kappa shape index (κ3) is 4.66. The van der Waals surface area contributed by atoms with Crippen LogP contribution in [-0.2, 0) is 16.0 Å². The van der Waals surface area contributed by atoms with Gasteiger partial charge in [0, 0.05) is 25.8 Å². The lowest BCUT2D eigenvalue weighted by Crippen LogP contribution is -2.27. The molecule has 5 heteroatoms. The molecule has 1 atom stereocenters. The van der Waals surface area contributed by atoms with E-state index in [1.54, 1.807) is 0 Å². The van der Waals surface area contributed by atoms with Crippen molar-refractivity contribution in [3.05, 3.63) is 48.3 Å². The molecule has 0 radical (unpaired) electrons. The van der Waals surface area contributed by atoms with Crippen LogP contribution < -0.4 is 5.32 Å². The van der Waals surface area contributed by atoms with E-state index in [0.717, 1.165) is 37.1 Å². The van der Waals surface area contributed by atoms with Gasteiger partial charge in [0.15, 0.2) is 0 Å². The SMILES string of the molecule is O=C(CCc1cnn(-c2ccccc2)c1)NCC[C@@H]1CCCO1. The van der Waals surface area contributed by atoms with Crippen LogP contribution in [0.1, 0.15) is 31.2 Å². The quantitative estimate of drug-likeness (QED) is 0.854. The van der Waals surface area contributed by atoms with Crippen molar-refractivity contribution >= 4 is 5.91 Å². The van der Waals surface area contributed by atoms with E-state index < -0.39 is 0 Å². The average Bonchev–Trinajstić information content (AvgIpc) is 3.25. The van der Waals surface area contributed by atoms with Crippen LogP contribution in [0, 0.1) is 0 Å². The van der Waals surface area contributed by atoms with Crippen molar-refractivity contribution in [1.82, 2.24) is 15.1 Å². The van der Waals surface area contributed by atoms with Gasteiger partial charge in [-0.3, -0.25) is 4.79 Å². The summed E-state index contributed by atoms with van der Waals surface area (Å²) in [7, 11) is 0. The van der Waals surface area contributed by atoms with Gasteiger partial charge in [-0.1, -0.05) is 18.2 Å². The molecule has 1 fully saturated rings. The normalized spacial score (nSPS) is 17.3. The first kappa shape index (κ1) is 15.7. The topological polar surface area (TPSA) is 56.2 Å². The predicted octanol–water partition coefficient (Wildman–Crippen LogP) is 2.49. The van der Waals surface area contributed by atoms with Gasteiger partial charge in [-0.05, 0) is 43.4 Å². The molecule has 1 amide bonds. The number of amides is 1. The lowest BCUT2D eigenvalue weighted by Gasteiger charge is -2.09. The number of aromatic nitrogens is 2. The predicted molar refractivity (Wildman–Crippen MR) is 88.5 cm³/mol. The molecular formula is C18H23N3O2. The number of hydrogen-bond acceptors (Lipinski definition) is 3. The van der Waals surface area contributed by atoms with Gasteiger partial charge in [0.2, 0.25) is 5.91 Å². The Morgan fingerprint density at radius 3 is 3.00 bits per heavy atom. The van der Waals surface area contributed by atoms with Gasteiger partial charge in [-0.2, -0.15) is 5.10 Å². The molecule has 1 aromatic heterocycles. The van der Waals surface area contributed by atoms with Crippen molar-refractivity contribution in [2.45, 2.75) is 38.2 Å². The molecule has 23 heavy (non-hydrogen) atoms. The standard InChI is InChI=1S/C18H23N3O2/c22-18(19-11-10-17-7-4-12-23-17)9-8-15-13-20-21(14-15)16-5-2-1-3-6-16/h1-3,5-6,13-14,17H,4,7-12H2,(H,19,22)/t17-/m0/s1. The Morgan fingerprint density at radius 1 is 1.35 bits per heavy atom. The summed E-state index contributed by atoms with van der Waals surface area (Å²) in [5, 5.41) is 7.32. The summed E-state index contributed by atoms with van der Waals surface area (Å²) >= 11 is 0. The van der Waals surface area contributed by atoms with E-state index in [4.69, 9.17) is 4.74 Å². The summed E-state index contributed by atoms with van der Waals surface area (Å²) in [6.07, 6.45) is 8.52. The van der Waals surface area contributed by atoms with Crippen LogP contribution in [0.5, 0.6) is 0 Å². The zero-order chi connectivity index (χ0) is 15.9. The molecule has 3 rings (SSSR count). The lowest BCUT2D eigenvalue weighted by atomic mass is 10.1. The third-order valence-corrected chi connectivity index (χ3v) is 4.11. The highest BCUT2D eigenvalue weighted by atomic mass is 16.5. The molecule has 2 heterocycles. The van der Waals surface area contributed by atoms with Crippen molar-refractivity contribution in [3.8, 4) is 5.69 Å². The van der Waals surface area contributed by atoms with Crippen molar-refractivity contribution in [2.75, 3.05) is 13.2 Å². The third-order valence-electron chi connectivity index (χ3n) is 4.11. The van der Waals surface area contributed by atoms with Crippen molar-refractivity contribution in [1.29, 1.82) is 0 Å². The minimum absolute atomic E-state index is 0.0930. The fourth-order valence-electron chi connectivity index (χ4n) is 2.80. The molecule has 2 aromatic rings. The van der Waals surface area contributed by atoms with Gasteiger partial charge in [-0.25, -0.2) is 4.68 Å². The summed E-state index contributed by atoms with van der Waals surface area (Å²) in [6.45, 7) is 1.57. The Balaban J connectivity index is 1.40. The van der Waals surface area contributed by atoms with E-state index >= 15 is 0 Å². The highest BCUT2D eigenvalue weighted by Crippen LogP contribution is 2.14. The number of para-hydroxylation sites is 1. The molecule has 122 valence electrons. The largest absolute Gasteiger partial charge is 0.378 e. The van der Waals surface area contributed by atoms with Crippen molar-refractivity contribution in [3.63, 3.8) is 0 Å². The van der Waals surface area contributed by atoms with E-state index in [2.05, 4.69) is 10.4 Å². The first-order valence-corrected chi connectivity index (χ1v) is 8.28. The number of hydrogen-bond donors (Lipinski definition) is 1. The molecule has 1 aliphatic rings. The molecule has 0 aliphatic carbocycles. The fourth-order valence-corrected chi connectivity index (χ4v) is 2.80. The Hall–Kier alpha value is -2.14. The van der Waals surface area contributed by atoms with Crippen molar-refractivity contribution in [2.24, 2.45) is 0 Å². The first-order valence-electron chi connectivity index (χ1n) is 8.28. The van der Waals surface area contributed by atoms with Gasteiger partial charge in [-0.15, -0.1) is 0 Å². The number of aryl methyl sites for hydroxylation is 1. The summed E-state index contributed by atoms with van der Waals surface area (Å²) in [6, 6.07) is 9.97. The number of rotatable bonds is 7. The van der Waals surface area contributed by atoms with E-state index in [1.807, 2.05) is 47.4 Å². The summed E-state index contributed by atoms with van der Waals surface area (Å²) in [4.78, 5) is 11.9. The number of ether oxygens (including phenoxy) is 1. The van der Waals surface area contributed by atoms with E-state index in [9.17, 15) is 4.79 Å². The van der Waals surface area contributed by atoms with Gasteiger partial charge in [0.05, 0.1) is 18.0 Å². The minimum atomic E-state index is 0.0930. The number of nitrogens with one attached hydrogen (secondary N) is 1. The van der Waals surface area contributed by atoms with Crippen LogP contribution in [0.3, 0.4) is 0 Å². The van der Waals surface area contributed by atoms with Gasteiger partial charge < -0.3 is 10.1 Å². The van der Waals surface area contributed by atoms with Gasteiger partial charge >= 0.3 is 0 Å². The maximum Gasteiger partial charge on any atom is 0.220 e. The Morgan fingerprint density at radius 2 is 2.22 bits per heavy atom. The first-order chi connectivity index (χ1) is 11.3. The maximum atomic E-state index is 11.9. The average molecular weight is 313 g/mol. The molecule has 0 unspecified atom stereocenters. The second-order valence-corrected chi connectivity index (χ2v) is 5.90. The Labute approximate surface area is 136 Å². The molecule has 5 nitrogen and oxygen atoms in total. The second-order valence-electron chi connectivity index (χ2n) is 5.90. The number of benzene rings is 1. The highest BCUT2D eigenvalue weighted by molar-refractivity contribution is 5.76. The molecule has 0 spiro atoms. The van der Waals surface area contributed by atoms with Gasteiger partial charge in [0.1, 0.15) is 0 Å². The monoisotopic (exact) mass is 313 g/mol. The van der Waals surface area contributed by atoms with E-state index in [1.165, 1.54) is 0 Å². The van der Waals surface area contributed by atoms with Crippen molar-refractivity contribution < 1.29 is 9.53 Å². The number of carbonyl (C=O) groups is 1. The molecule has 1 aromatic carbocycles. The number of carbonyl (C=O) groups excluding carboxylic acids is 1. The summed E-state index contributed by atoms with van der Waals surface area (Å²) in [5.41, 5.74) is 2.10. The number of nitrogens with zero attached hydrogens (tertiary/aromatic N) is 2. The molecule has 0 bridgehead atoms. The van der Waals surface area contributed by atoms with E-state index in [-0.39, 0.29) is 5.91 Å². The van der Waals surface area contributed by atoms with Crippen LogP contribution >= 0.6 is 0 Å². The zero-order valence-corrected chi connectivity index (χ0v) is 13.3. The Bertz CT molecular complexity index is 618. The molecular weight excluding hydrogens is 290 g/mol. The van der Waals surface area contributed by atoms with Crippen LogP contribution in [-0.4, -0.2) is 34.9 Å². The van der Waals surface area contributed by atoms with Gasteiger partial charge in [0.25, 0.3) is 0 Å². The molecule has 1 aliphatic heterocycles. The van der Waals surface area contributed by atoms with Crippen LogP contribution in [0.15, 0.2) is 42.7 Å². The molecule has 1 N–H and O–H groups in total. The second kappa shape index (κ2) is 7.92. The van der Waals surface area contributed by atoms with E-state index in [0.29, 0.717) is 25.5 Å². The minimum Gasteiger partial charge on any atom is -0.378 e. The fraction of sp³-hybridized carbons (Fsp3) is 0.444. The van der Waals surface area contributed by atoms with Crippen LogP contribution in [0.2, 0.25) is 0 Å². The van der Waals surface area contributed by atoms with Crippen LogP contribution in [0.25, 0.3) is 5.69 Å². The lowest BCUT2D eigenvalue weighted by molar-refractivity contribution is -0.121. The molecule has 0 saturated carbocycles. The summed E-state index contributed by atoms with van der Waals surface area (Å²) < 4.78 is 7.38. The summed E-state index contributed by atoms with van der Waals surface area (Å²) in [5.74, 6) is 0.0930. The maximum absolute atomic E-state index is 11.9. The smallest absolute Gasteiger partial charge is 0.220 e. The highest BCUT2D eigenvalue weighted by Gasteiger charge is 2.15. The molecule has 1 saturated heterocycles. The Kier molecular flexibility index (Phi) is 5.42. The van der Waals surface area contributed by atoms with Crippen LogP contribution in [0.4, 0.5) is 0 Å².